The summed E-state index contributed by atoms with van der Waals surface area (Å²) in [5, 5.41) is 12.5. The number of halogens is 1. The predicted molar refractivity (Wildman–Crippen MR) is 101 cm³/mol. The van der Waals surface area contributed by atoms with Crippen LogP contribution in [0, 0.1) is 17.1 Å². The van der Waals surface area contributed by atoms with Crippen molar-refractivity contribution in [2.75, 3.05) is 20.3 Å². The molecule has 0 aliphatic carbocycles. The number of hydrogen-bond donors (Lipinski definition) is 1. The average molecular weight is 399 g/mol. The Morgan fingerprint density at radius 3 is 2.69 bits per heavy atom. The number of ether oxygens (including phenoxy) is 3. The average Bonchev–Trinajstić information content (AvgIpc) is 2.72. The van der Waals surface area contributed by atoms with Gasteiger partial charge in [0.2, 0.25) is 0 Å². The van der Waals surface area contributed by atoms with E-state index in [2.05, 4.69) is 10.5 Å². The van der Waals surface area contributed by atoms with Crippen LogP contribution in [-0.4, -0.2) is 38.4 Å². The van der Waals surface area contributed by atoms with Crippen molar-refractivity contribution < 1.29 is 28.2 Å². The Morgan fingerprint density at radius 1 is 1.24 bits per heavy atom. The summed E-state index contributed by atoms with van der Waals surface area (Å²) in [6.07, 6.45) is 1.33. The van der Waals surface area contributed by atoms with Crippen LogP contribution in [-0.2, 0) is 9.53 Å². The van der Waals surface area contributed by atoms with E-state index >= 15 is 0 Å². The monoisotopic (exact) mass is 399 g/mol. The maximum Gasteiger partial charge on any atom is 0.344 e. The highest BCUT2D eigenvalue weighted by Gasteiger charge is 2.12. The van der Waals surface area contributed by atoms with Gasteiger partial charge in [-0.3, -0.25) is 4.79 Å². The Hall–Kier alpha value is -3.93. The molecular formula is C20H18FN3O5. The van der Waals surface area contributed by atoms with Gasteiger partial charge >= 0.3 is 5.97 Å². The summed E-state index contributed by atoms with van der Waals surface area (Å²) in [6, 6.07) is 10.1. The molecule has 0 aromatic heterocycles. The number of nitrogens with one attached hydrogen (secondary N) is 1. The second-order valence-electron chi connectivity index (χ2n) is 5.51. The summed E-state index contributed by atoms with van der Waals surface area (Å²) in [7, 11) is 1.43. The van der Waals surface area contributed by atoms with Crippen LogP contribution in [0.3, 0.4) is 0 Å². The van der Waals surface area contributed by atoms with E-state index in [1.54, 1.807) is 31.2 Å². The number of methoxy groups -OCH3 is 1. The van der Waals surface area contributed by atoms with Crippen LogP contribution in [0.5, 0.6) is 11.5 Å². The molecule has 1 amide bonds. The molecule has 0 heterocycles. The second kappa shape index (κ2) is 10.4. The van der Waals surface area contributed by atoms with Crippen LogP contribution in [0.1, 0.15) is 28.4 Å². The molecule has 0 fully saturated rings. The summed E-state index contributed by atoms with van der Waals surface area (Å²) in [6.45, 7) is 1.69. The van der Waals surface area contributed by atoms with Crippen molar-refractivity contribution >= 4 is 18.1 Å². The second-order valence-corrected chi connectivity index (χ2v) is 5.51. The fourth-order valence-electron chi connectivity index (χ4n) is 2.22. The van der Waals surface area contributed by atoms with E-state index in [0.717, 1.165) is 6.07 Å². The summed E-state index contributed by atoms with van der Waals surface area (Å²) in [5.74, 6) is -1.40. The van der Waals surface area contributed by atoms with E-state index in [1.807, 2.05) is 0 Å². The van der Waals surface area contributed by atoms with E-state index in [-0.39, 0.29) is 24.3 Å². The number of amides is 1. The van der Waals surface area contributed by atoms with Crippen LogP contribution in [0.2, 0.25) is 0 Å². The molecule has 0 bridgehead atoms. The van der Waals surface area contributed by atoms with Gasteiger partial charge in [0.1, 0.15) is 5.82 Å². The topological polar surface area (TPSA) is 110 Å². The SMILES string of the molecule is CCOC(=O)COc1ccc(/C=N\NC(=O)c2ccc(C#N)cc2F)cc1OC. The standard InChI is InChI=1S/C20H18FN3O5/c1-3-28-19(25)12-29-17-7-5-14(9-18(17)27-2)11-23-24-20(26)15-6-4-13(10-22)8-16(15)21/h4-9,11H,3,12H2,1-2H3,(H,24,26)/b23-11-. The number of nitriles is 1. The van der Waals surface area contributed by atoms with Gasteiger partial charge in [0.05, 0.1) is 37.1 Å². The molecular weight excluding hydrogens is 381 g/mol. The molecule has 0 saturated heterocycles. The molecule has 0 radical (unpaired) electrons. The van der Waals surface area contributed by atoms with Gasteiger partial charge in [-0.1, -0.05) is 0 Å². The summed E-state index contributed by atoms with van der Waals surface area (Å²) < 4.78 is 29.2. The first-order valence-electron chi connectivity index (χ1n) is 8.48. The highest BCUT2D eigenvalue weighted by molar-refractivity contribution is 5.95. The zero-order valence-corrected chi connectivity index (χ0v) is 15.8. The molecule has 0 spiro atoms. The molecule has 9 heteroatoms. The first-order valence-corrected chi connectivity index (χ1v) is 8.48. The van der Waals surface area contributed by atoms with Crippen molar-refractivity contribution in [3.05, 3.63) is 58.9 Å². The van der Waals surface area contributed by atoms with Gasteiger partial charge in [0.25, 0.3) is 5.91 Å². The zero-order chi connectivity index (χ0) is 21.2. The van der Waals surface area contributed by atoms with Crippen molar-refractivity contribution in [1.29, 1.82) is 5.26 Å². The Balaban J connectivity index is 2.02. The third kappa shape index (κ3) is 6.04. The van der Waals surface area contributed by atoms with Crippen LogP contribution in [0.15, 0.2) is 41.5 Å². The number of nitrogens with zero attached hydrogens (tertiary/aromatic N) is 2. The Bertz CT molecular complexity index is 969. The van der Waals surface area contributed by atoms with Crippen molar-refractivity contribution in [2.24, 2.45) is 5.10 Å². The normalized spacial score (nSPS) is 10.3. The van der Waals surface area contributed by atoms with Gasteiger partial charge in [-0.05, 0) is 48.9 Å². The van der Waals surface area contributed by atoms with Crippen molar-refractivity contribution in [1.82, 2.24) is 5.43 Å². The fraction of sp³-hybridized carbons (Fsp3) is 0.200. The first kappa shape index (κ1) is 21.4. The molecule has 8 nitrogen and oxygen atoms in total. The number of hydrogen-bond acceptors (Lipinski definition) is 7. The largest absolute Gasteiger partial charge is 0.493 e. The van der Waals surface area contributed by atoms with E-state index < -0.39 is 17.7 Å². The molecule has 2 aromatic carbocycles. The van der Waals surface area contributed by atoms with Crippen molar-refractivity contribution in [3.63, 3.8) is 0 Å². The van der Waals surface area contributed by atoms with Crippen molar-refractivity contribution in [3.8, 4) is 17.6 Å². The van der Waals surface area contributed by atoms with E-state index in [9.17, 15) is 14.0 Å². The molecule has 150 valence electrons. The Labute approximate surface area is 166 Å². The van der Waals surface area contributed by atoms with Gasteiger partial charge in [0.15, 0.2) is 18.1 Å². The summed E-state index contributed by atoms with van der Waals surface area (Å²) in [4.78, 5) is 23.4. The van der Waals surface area contributed by atoms with Crippen molar-refractivity contribution in [2.45, 2.75) is 6.92 Å². The molecule has 0 aliphatic heterocycles. The quantitative estimate of drug-likeness (QED) is 0.415. The van der Waals surface area contributed by atoms with Crippen LogP contribution < -0.4 is 14.9 Å². The van der Waals surface area contributed by atoms with Gasteiger partial charge in [-0.15, -0.1) is 0 Å². The predicted octanol–water partition coefficient (Wildman–Crippen LogP) is 2.41. The fourth-order valence-corrected chi connectivity index (χ4v) is 2.22. The van der Waals surface area contributed by atoms with Gasteiger partial charge in [0, 0.05) is 0 Å². The van der Waals surface area contributed by atoms with E-state index in [0.29, 0.717) is 17.1 Å². The van der Waals surface area contributed by atoms with Crippen LogP contribution >= 0.6 is 0 Å². The lowest BCUT2D eigenvalue weighted by atomic mass is 10.1. The molecule has 0 aliphatic rings. The van der Waals surface area contributed by atoms with E-state index in [4.69, 9.17) is 19.5 Å². The third-order valence-corrected chi connectivity index (χ3v) is 3.56. The molecule has 29 heavy (non-hydrogen) atoms. The minimum absolute atomic E-state index is 0.111. The number of rotatable bonds is 8. The number of benzene rings is 2. The van der Waals surface area contributed by atoms with E-state index in [1.165, 1.54) is 25.5 Å². The Morgan fingerprint density at radius 2 is 2.03 bits per heavy atom. The number of carbonyl (C=O) groups excluding carboxylic acids is 2. The van der Waals surface area contributed by atoms with Gasteiger partial charge < -0.3 is 14.2 Å². The molecule has 0 unspecified atom stereocenters. The van der Waals surface area contributed by atoms with Gasteiger partial charge in [-0.25, -0.2) is 14.6 Å². The van der Waals surface area contributed by atoms with Gasteiger partial charge in [-0.2, -0.15) is 10.4 Å². The minimum Gasteiger partial charge on any atom is -0.493 e. The lowest BCUT2D eigenvalue weighted by molar-refractivity contribution is -0.145. The molecule has 0 saturated carbocycles. The molecule has 0 atom stereocenters. The Kier molecular flexibility index (Phi) is 7.68. The zero-order valence-electron chi connectivity index (χ0n) is 15.8. The first-order chi connectivity index (χ1) is 14.0. The number of hydrazone groups is 1. The van der Waals surface area contributed by atoms with Crippen LogP contribution in [0.25, 0.3) is 0 Å². The minimum atomic E-state index is -0.818. The highest BCUT2D eigenvalue weighted by atomic mass is 19.1. The lowest BCUT2D eigenvalue weighted by Gasteiger charge is -2.10. The maximum atomic E-state index is 13.8. The summed E-state index contributed by atoms with van der Waals surface area (Å²) >= 11 is 0. The number of carbonyl (C=O) groups is 2. The highest BCUT2D eigenvalue weighted by Crippen LogP contribution is 2.27. The molecule has 1 N–H and O–H groups in total. The van der Waals surface area contributed by atoms with Crippen LogP contribution in [0.4, 0.5) is 4.39 Å². The molecule has 2 rings (SSSR count). The lowest BCUT2D eigenvalue weighted by Crippen LogP contribution is -2.19. The maximum absolute atomic E-state index is 13.8. The smallest absolute Gasteiger partial charge is 0.344 e. The molecule has 2 aromatic rings. The number of esters is 1. The summed E-state index contributed by atoms with van der Waals surface area (Å²) in [5.41, 5.74) is 2.64. The third-order valence-electron chi connectivity index (χ3n) is 3.56.